The van der Waals surface area contributed by atoms with Gasteiger partial charge in [0.15, 0.2) is 11.6 Å². The lowest BCUT2D eigenvalue weighted by Crippen LogP contribution is -2.22. The number of hydrogen-bond acceptors (Lipinski definition) is 2. The summed E-state index contributed by atoms with van der Waals surface area (Å²) in [4.78, 5) is 0. The van der Waals surface area contributed by atoms with Crippen LogP contribution in [0.2, 0.25) is 0 Å². The lowest BCUT2D eigenvalue weighted by Gasteiger charge is -2.14. The summed E-state index contributed by atoms with van der Waals surface area (Å²) in [5.41, 5.74) is 0.871. The van der Waals surface area contributed by atoms with Gasteiger partial charge in [-0.25, -0.2) is 8.78 Å². The van der Waals surface area contributed by atoms with Crippen molar-refractivity contribution in [3.05, 3.63) is 58.1 Å². The molecule has 0 amide bonds. The van der Waals surface area contributed by atoms with Gasteiger partial charge < -0.3 is 10.1 Å². The summed E-state index contributed by atoms with van der Waals surface area (Å²) in [6.07, 6.45) is 0. The van der Waals surface area contributed by atoms with E-state index in [1.165, 1.54) is 0 Å². The number of nitrogens with one attached hydrogen (secondary N) is 1. The molecule has 2 aromatic carbocycles. The van der Waals surface area contributed by atoms with Crippen molar-refractivity contribution in [1.82, 2.24) is 5.32 Å². The van der Waals surface area contributed by atoms with E-state index in [2.05, 4.69) is 21.2 Å². The Labute approximate surface area is 131 Å². The Hall–Kier alpha value is -1.46. The highest BCUT2D eigenvalue weighted by Gasteiger charge is 2.11. The summed E-state index contributed by atoms with van der Waals surface area (Å²) < 4.78 is 33.3. The summed E-state index contributed by atoms with van der Waals surface area (Å²) >= 11 is 3.35. The first-order chi connectivity index (χ1) is 9.95. The number of ether oxygens (including phenoxy) is 1. The van der Waals surface area contributed by atoms with E-state index in [1.807, 2.05) is 26.0 Å². The first-order valence-corrected chi connectivity index (χ1v) is 7.39. The third kappa shape index (κ3) is 4.51. The van der Waals surface area contributed by atoms with Crippen LogP contribution in [0.4, 0.5) is 8.78 Å². The molecule has 0 fully saturated rings. The Morgan fingerprint density at radius 2 is 1.86 bits per heavy atom. The number of benzene rings is 2. The lowest BCUT2D eigenvalue weighted by atomic mass is 10.2. The molecule has 1 N–H and O–H groups in total. The summed E-state index contributed by atoms with van der Waals surface area (Å²) in [7, 11) is 0. The van der Waals surface area contributed by atoms with Crippen LogP contribution in [-0.4, -0.2) is 6.04 Å². The van der Waals surface area contributed by atoms with Gasteiger partial charge >= 0.3 is 0 Å². The van der Waals surface area contributed by atoms with Gasteiger partial charge in [0.05, 0.1) is 0 Å². The Kier molecular flexibility index (Phi) is 5.31. The molecular weight excluding hydrogens is 340 g/mol. The van der Waals surface area contributed by atoms with Crippen LogP contribution in [0, 0.1) is 11.6 Å². The van der Waals surface area contributed by atoms with Crippen molar-refractivity contribution in [2.75, 3.05) is 0 Å². The fourth-order valence-electron chi connectivity index (χ4n) is 1.76. The zero-order valence-electron chi connectivity index (χ0n) is 11.8. The van der Waals surface area contributed by atoms with Crippen molar-refractivity contribution in [1.29, 1.82) is 0 Å². The van der Waals surface area contributed by atoms with Crippen LogP contribution in [0.15, 0.2) is 40.9 Å². The van der Waals surface area contributed by atoms with Crippen LogP contribution < -0.4 is 10.1 Å². The van der Waals surface area contributed by atoms with E-state index in [0.29, 0.717) is 18.3 Å². The van der Waals surface area contributed by atoms with Crippen LogP contribution >= 0.6 is 15.9 Å². The molecule has 0 atom stereocenters. The normalized spacial score (nSPS) is 11.0. The van der Waals surface area contributed by atoms with Gasteiger partial charge in [-0.1, -0.05) is 35.8 Å². The van der Waals surface area contributed by atoms with E-state index < -0.39 is 11.6 Å². The van der Waals surface area contributed by atoms with Crippen molar-refractivity contribution in [2.24, 2.45) is 0 Å². The van der Waals surface area contributed by atoms with Gasteiger partial charge in [-0.15, -0.1) is 0 Å². The molecule has 5 heteroatoms. The molecule has 0 unspecified atom stereocenters. The van der Waals surface area contributed by atoms with Gasteiger partial charge in [0.2, 0.25) is 0 Å². The van der Waals surface area contributed by atoms with Gasteiger partial charge in [0.25, 0.3) is 0 Å². The SMILES string of the molecule is CC(C)NCc1ccc(Br)cc1Oc1cc(F)ccc1F. The van der Waals surface area contributed by atoms with Gasteiger partial charge in [-0.2, -0.15) is 0 Å². The first kappa shape index (κ1) is 15.9. The van der Waals surface area contributed by atoms with E-state index in [1.54, 1.807) is 6.07 Å². The maximum atomic E-state index is 13.7. The van der Waals surface area contributed by atoms with Crippen molar-refractivity contribution in [3.63, 3.8) is 0 Å². The Morgan fingerprint density at radius 1 is 1.10 bits per heavy atom. The van der Waals surface area contributed by atoms with Crippen molar-refractivity contribution >= 4 is 15.9 Å². The van der Waals surface area contributed by atoms with E-state index in [9.17, 15) is 8.78 Å². The quantitative estimate of drug-likeness (QED) is 0.813. The van der Waals surface area contributed by atoms with Crippen LogP contribution in [0.3, 0.4) is 0 Å². The van der Waals surface area contributed by atoms with E-state index in [0.717, 1.165) is 28.2 Å². The smallest absolute Gasteiger partial charge is 0.165 e. The second-order valence-corrected chi connectivity index (χ2v) is 5.88. The van der Waals surface area contributed by atoms with E-state index >= 15 is 0 Å². The molecular formula is C16H16BrF2NO. The molecule has 0 aliphatic heterocycles. The average Bonchev–Trinajstić information content (AvgIpc) is 2.42. The summed E-state index contributed by atoms with van der Waals surface area (Å²) in [5.74, 6) is -0.775. The maximum Gasteiger partial charge on any atom is 0.165 e. The molecule has 21 heavy (non-hydrogen) atoms. The molecule has 2 nitrogen and oxygen atoms in total. The van der Waals surface area contributed by atoms with Crippen molar-refractivity contribution < 1.29 is 13.5 Å². The molecule has 2 aromatic rings. The molecule has 0 bridgehead atoms. The molecule has 0 saturated heterocycles. The van der Waals surface area contributed by atoms with Crippen molar-refractivity contribution in [2.45, 2.75) is 26.4 Å². The summed E-state index contributed by atoms with van der Waals surface area (Å²) in [5, 5.41) is 3.27. The molecule has 0 aliphatic carbocycles. The van der Waals surface area contributed by atoms with Gasteiger partial charge in [-0.3, -0.25) is 0 Å². The highest BCUT2D eigenvalue weighted by molar-refractivity contribution is 9.10. The maximum absolute atomic E-state index is 13.7. The number of rotatable bonds is 5. The average molecular weight is 356 g/mol. The molecule has 0 aliphatic rings. The first-order valence-electron chi connectivity index (χ1n) is 6.60. The topological polar surface area (TPSA) is 21.3 Å². The van der Waals surface area contributed by atoms with Crippen LogP contribution in [0.25, 0.3) is 0 Å². The molecule has 0 aromatic heterocycles. The number of halogens is 3. The van der Waals surface area contributed by atoms with Gasteiger partial charge in [-0.05, 0) is 24.3 Å². The lowest BCUT2D eigenvalue weighted by molar-refractivity contribution is 0.429. The van der Waals surface area contributed by atoms with Gasteiger partial charge in [0.1, 0.15) is 11.6 Å². The highest BCUT2D eigenvalue weighted by atomic mass is 79.9. The van der Waals surface area contributed by atoms with Crippen LogP contribution in [0.5, 0.6) is 11.5 Å². The van der Waals surface area contributed by atoms with Crippen LogP contribution in [-0.2, 0) is 6.54 Å². The Morgan fingerprint density at radius 3 is 2.57 bits per heavy atom. The van der Waals surface area contributed by atoms with Crippen LogP contribution in [0.1, 0.15) is 19.4 Å². The molecule has 0 saturated carbocycles. The zero-order valence-corrected chi connectivity index (χ0v) is 13.4. The third-order valence-electron chi connectivity index (χ3n) is 2.84. The predicted octanol–water partition coefficient (Wildman–Crippen LogP) is 5.02. The molecule has 2 rings (SSSR count). The fraction of sp³-hybridized carbons (Fsp3) is 0.250. The second-order valence-electron chi connectivity index (χ2n) is 4.96. The van der Waals surface area contributed by atoms with Gasteiger partial charge in [0, 0.05) is 28.7 Å². The second kappa shape index (κ2) is 7.00. The predicted molar refractivity (Wildman–Crippen MR) is 82.5 cm³/mol. The van der Waals surface area contributed by atoms with E-state index in [-0.39, 0.29) is 5.75 Å². The third-order valence-corrected chi connectivity index (χ3v) is 3.34. The summed E-state index contributed by atoms with van der Waals surface area (Å²) in [6.45, 7) is 4.65. The molecule has 0 spiro atoms. The largest absolute Gasteiger partial charge is 0.454 e. The Balaban J connectivity index is 2.29. The fourth-order valence-corrected chi connectivity index (χ4v) is 2.10. The molecule has 0 heterocycles. The number of hydrogen-bond donors (Lipinski definition) is 1. The standard InChI is InChI=1S/C16H16BrF2NO/c1-10(2)20-9-11-3-4-12(17)7-15(11)21-16-8-13(18)5-6-14(16)19/h3-8,10,20H,9H2,1-2H3. The minimum atomic E-state index is -0.598. The zero-order chi connectivity index (χ0) is 15.4. The highest BCUT2D eigenvalue weighted by Crippen LogP contribution is 2.30. The Bertz CT molecular complexity index is 632. The molecule has 112 valence electrons. The van der Waals surface area contributed by atoms with Crippen molar-refractivity contribution in [3.8, 4) is 11.5 Å². The minimum Gasteiger partial charge on any atom is -0.454 e. The summed E-state index contributed by atoms with van der Waals surface area (Å²) in [6, 6.07) is 8.96. The monoisotopic (exact) mass is 355 g/mol. The minimum absolute atomic E-state index is 0.126. The molecule has 0 radical (unpaired) electrons. The van der Waals surface area contributed by atoms with E-state index in [4.69, 9.17) is 4.74 Å².